The van der Waals surface area contributed by atoms with Crippen LogP contribution in [0.3, 0.4) is 0 Å². The summed E-state index contributed by atoms with van der Waals surface area (Å²) in [5, 5.41) is 3.88. The molecule has 94 valence electrons. The van der Waals surface area contributed by atoms with Crippen molar-refractivity contribution in [2.24, 2.45) is 0 Å². The predicted octanol–water partition coefficient (Wildman–Crippen LogP) is 2.66. The highest BCUT2D eigenvalue weighted by atomic mass is 35.5. The highest BCUT2D eigenvalue weighted by molar-refractivity contribution is 6.30. The lowest BCUT2D eigenvalue weighted by Gasteiger charge is -2.22. The molecule has 1 unspecified atom stereocenters. The van der Waals surface area contributed by atoms with Gasteiger partial charge in [0.05, 0.1) is 0 Å². The van der Waals surface area contributed by atoms with E-state index in [9.17, 15) is 4.39 Å². The fraction of sp³-hybridized carbons (Fsp3) is 0.538. The van der Waals surface area contributed by atoms with Gasteiger partial charge < -0.3 is 5.32 Å². The number of halogens is 2. The van der Waals surface area contributed by atoms with Crippen molar-refractivity contribution < 1.29 is 4.39 Å². The lowest BCUT2D eigenvalue weighted by atomic mass is 10.2. The highest BCUT2D eigenvalue weighted by Crippen LogP contribution is 2.17. The van der Waals surface area contributed by atoms with E-state index < -0.39 is 0 Å². The van der Waals surface area contributed by atoms with Crippen LogP contribution >= 0.6 is 11.6 Å². The maximum atomic E-state index is 13.7. The molecule has 1 aliphatic heterocycles. The van der Waals surface area contributed by atoms with E-state index in [0.29, 0.717) is 17.6 Å². The molecule has 1 heterocycles. The van der Waals surface area contributed by atoms with Crippen molar-refractivity contribution in [2.45, 2.75) is 25.9 Å². The maximum absolute atomic E-state index is 13.7. The van der Waals surface area contributed by atoms with E-state index in [1.165, 1.54) is 6.07 Å². The molecule has 0 amide bonds. The van der Waals surface area contributed by atoms with Gasteiger partial charge in [-0.1, -0.05) is 17.7 Å². The summed E-state index contributed by atoms with van der Waals surface area (Å²) in [6, 6.07) is 5.38. The first-order valence-electron chi connectivity index (χ1n) is 6.05. The van der Waals surface area contributed by atoms with Gasteiger partial charge in [0.1, 0.15) is 5.82 Å². The Balaban J connectivity index is 2.03. The van der Waals surface area contributed by atoms with Crippen LogP contribution in [0.4, 0.5) is 4.39 Å². The molecule has 1 aliphatic rings. The van der Waals surface area contributed by atoms with Crippen LogP contribution in [0.15, 0.2) is 18.2 Å². The minimum absolute atomic E-state index is 0.206. The second-order valence-corrected chi connectivity index (χ2v) is 5.12. The van der Waals surface area contributed by atoms with Crippen molar-refractivity contribution in [1.29, 1.82) is 0 Å². The zero-order valence-corrected chi connectivity index (χ0v) is 10.8. The summed E-state index contributed by atoms with van der Waals surface area (Å²) in [5.74, 6) is -0.206. The Morgan fingerprint density at radius 1 is 1.53 bits per heavy atom. The van der Waals surface area contributed by atoms with Crippen LogP contribution in [0.2, 0.25) is 5.02 Å². The summed E-state index contributed by atoms with van der Waals surface area (Å²) < 4.78 is 13.7. The zero-order valence-electron chi connectivity index (χ0n) is 10.0. The molecule has 17 heavy (non-hydrogen) atoms. The summed E-state index contributed by atoms with van der Waals surface area (Å²) in [5.41, 5.74) is 0.725. The summed E-state index contributed by atoms with van der Waals surface area (Å²) in [6.07, 6.45) is 1.11. The number of hydrogen-bond acceptors (Lipinski definition) is 2. The molecule has 1 aromatic rings. The van der Waals surface area contributed by atoms with Crippen LogP contribution < -0.4 is 5.32 Å². The summed E-state index contributed by atoms with van der Waals surface area (Å²) in [4.78, 5) is 2.29. The number of nitrogens with one attached hydrogen (secondary N) is 1. The van der Waals surface area contributed by atoms with Gasteiger partial charge in [0, 0.05) is 29.7 Å². The van der Waals surface area contributed by atoms with Gasteiger partial charge in [0.25, 0.3) is 0 Å². The Bertz CT molecular complexity index is 384. The highest BCUT2D eigenvalue weighted by Gasteiger charge is 2.15. The van der Waals surface area contributed by atoms with E-state index in [-0.39, 0.29) is 5.82 Å². The second kappa shape index (κ2) is 5.80. The zero-order chi connectivity index (χ0) is 12.3. The van der Waals surface area contributed by atoms with E-state index in [4.69, 9.17) is 11.6 Å². The predicted molar refractivity (Wildman–Crippen MR) is 68.8 cm³/mol. The topological polar surface area (TPSA) is 15.3 Å². The Labute approximate surface area is 107 Å². The largest absolute Gasteiger partial charge is 0.313 e. The van der Waals surface area contributed by atoms with Gasteiger partial charge >= 0.3 is 0 Å². The van der Waals surface area contributed by atoms with Crippen molar-refractivity contribution in [1.82, 2.24) is 10.2 Å². The molecule has 1 atom stereocenters. The van der Waals surface area contributed by atoms with E-state index in [2.05, 4.69) is 17.1 Å². The Morgan fingerprint density at radius 3 is 3.12 bits per heavy atom. The monoisotopic (exact) mass is 256 g/mol. The molecule has 0 aliphatic carbocycles. The summed E-state index contributed by atoms with van der Waals surface area (Å²) in [6.45, 7) is 5.84. The van der Waals surface area contributed by atoms with Gasteiger partial charge in [-0.15, -0.1) is 0 Å². The smallest absolute Gasteiger partial charge is 0.129 e. The molecule has 0 radical (unpaired) electrons. The molecule has 1 saturated heterocycles. The van der Waals surface area contributed by atoms with Crippen molar-refractivity contribution >= 4 is 11.6 Å². The standard InChI is InChI=1S/C13H18ClFN2/c1-10-8-17(6-2-5-16-10)9-11-3-4-12(14)7-13(11)15/h3-4,7,10,16H,2,5-6,8-9H2,1H3. The average Bonchev–Trinajstić information content (AvgIpc) is 2.47. The van der Waals surface area contributed by atoms with Gasteiger partial charge in [0.2, 0.25) is 0 Å². The average molecular weight is 257 g/mol. The fourth-order valence-electron chi connectivity index (χ4n) is 2.23. The normalized spacial score (nSPS) is 22.4. The second-order valence-electron chi connectivity index (χ2n) is 4.68. The Morgan fingerprint density at radius 2 is 2.35 bits per heavy atom. The van der Waals surface area contributed by atoms with Crippen molar-refractivity contribution in [3.8, 4) is 0 Å². The van der Waals surface area contributed by atoms with E-state index in [1.54, 1.807) is 12.1 Å². The minimum atomic E-state index is -0.206. The third-order valence-electron chi connectivity index (χ3n) is 3.09. The molecule has 1 aromatic carbocycles. The van der Waals surface area contributed by atoms with Crippen LogP contribution in [0, 0.1) is 5.82 Å². The molecule has 1 fully saturated rings. The molecular weight excluding hydrogens is 239 g/mol. The third-order valence-corrected chi connectivity index (χ3v) is 3.32. The van der Waals surface area contributed by atoms with Crippen molar-refractivity contribution in [2.75, 3.05) is 19.6 Å². The van der Waals surface area contributed by atoms with Crippen LogP contribution in [0.25, 0.3) is 0 Å². The molecule has 0 saturated carbocycles. The van der Waals surface area contributed by atoms with E-state index >= 15 is 0 Å². The molecule has 0 spiro atoms. The molecule has 2 rings (SSSR count). The van der Waals surface area contributed by atoms with Gasteiger partial charge in [-0.05, 0) is 38.6 Å². The first-order chi connectivity index (χ1) is 8.15. The minimum Gasteiger partial charge on any atom is -0.313 e. The lowest BCUT2D eigenvalue weighted by molar-refractivity contribution is 0.261. The molecular formula is C13H18ClFN2. The quantitative estimate of drug-likeness (QED) is 0.875. The van der Waals surface area contributed by atoms with E-state index in [0.717, 1.165) is 31.6 Å². The van der Waals surface area contributed by atoms with Crippen LogP contribution in [0.5, 0.6) is 0 Å². The summed E-state index contributed by atoms with van der Waals surface area (Å²) >= 11 is 5.75. The maximum Gasteiger partial charge on any atom is 0.129 e. The first kappa shape index (κ1) is 12.8. The van der Waals surface area contributed by atoms with Crippen molar-refractivity contribution in [3.05, 3.63) is 34.6 Å². The fourth-order valence-corrected chi connectivity index (χ4v) is 2.39. The third kappa shape index (κ3) is 3.66. The van der Waals surface area contributed by atoms with Crippen LogP contribution in [0.1, 0.15) is 18.9 Å². The number of rotatable bonds is 2. The molecule has 0 aromatic heterocycles. The molecule has 0 bridgehead atoms. The van der Waals surface area contributed by atoms with Gasteiger partial charge in [-0.3, -0.25) is 4.90 Å². The Hall–Kier alpha value is -0.640. The number of benzene rings is 1. The first-order valence-corrected chi connectivity index (χ1v) is 6.42. The SMILES string of the molecule is CC1CN(Cc2ccc(Cl)cc2F)CCCN1. The lowest BCUT2D eigenvalue weighted by Crippen LogP contribution is -2.35. The summed E-state index contributed by atoms with van der Waals surface area (Å²) in [7, 11) is 0. The van der Waals surface area contributed by atoms with Gasteiger partial charge in [-0.2, -0.15) is 0 Å². The molecule has 2 nitrogen and oxygen atoms in total. The number of nitrogens with zero attached hydrogens (tertiary/aromatic N) is 1. The van der Waals surface area contributed by atoms with Crippen LogP contribution in [-0.4, -0.2) is 30.6 Å². The van der Waals surface area contributed by atoms with Gasteiger partial charge in [-0.25, -0.2) is 4.39 Å². The Kier molecular flexibility index (Phi) is 4.37. The number of hydrogen-bond donors (Lipinski definition) is 1. The van der Waals surface area contributed by atoms with Crippen molar-refractivity contribution in [3.63, 3.8) is 0 Å². The van der Waals surface area contributed by atoms with E-state index in [1.807, 2.05) is 0 Å². The van der Waals surface area contributed by atoms with Gasteiger partial charge in [0.15, 0.2) is 0 Å². The van der Waals surface area contributed by atoms with Crippen LogP contribution in [-0.2, 0) is 6.54 Å². The molecule has 4 heteroatoms. The molecule has 1 N–H and O–H groups in total.